The maximum atomic E-state index is 12.5. The summed E-state index contributed by atoms with van der Waals surface area (Å²) < 4.78 is 15.6. The minimum atomic E-state index is -0.281. The van der Waals surface area contributed by atoms with Crippen LogP contribution in [0.1, 0.15) is 28.8 Å². The summed E-state index contributed by atoms with van der Waals surface area (Å²) >= 11 is 0. The molecule has 0 unspecified atom stereocenters. The minimum absolute atomic E-state index is 0.0519. The van der Waals surface area contributed by atoms with Gasteiger partial charge in [0.15, 0.2) is 5.78 Å². The molecule has 0 bridgehead atoms. The summed E-state index contributed by atoms with van der Waals surface area (Å²) in [6.45, 7) is 1.90. The number of Topliss-reactive ketones (excluding diaryl/α,β-unsaturated/α-hetero) is 1. The number of ether oxygens (including phenoxy) is 3. The van der Waals surface area contributed by atoms with Crippen molar-refractivity contribution in [2.75, 3.05) is 26.6 Å². The Morgan fingerprint density at radius 2 is 1.58 bits per heavy atom. The van der Waals surface area contributed by atoms with Gasteiger partial charge in [-0.05, 0) is 31.2 Å². The van der Waals surface area contributed by atoms with Gasteiger partial charge in [-0.25, -0.2) is 0 Å². The monoisotopic (exact) mass is 357 g/mol. The maximum absolute atomic E-state index is 12.5. The predicted octanol–water partition coefficient (Wildman–Crippen LogP) is 3.62. The molecule has 0 spiro atoms. The quantitative estimate of drug-likeness (QED) is 0.731. The molecule has 0 aliphatic rings. The first-order chi connectivity index (χ1) is 12.5. The molecule has 0 aromatic heterocycles. The molecule has 2 rings (SSSR count). The van der Waals surface area contributed by atoms with Crippen molar-refractivity contribution in [1.29, 1.82) is 0 Å². The van der Waals surface area contributed by atoms with Gasteiger partial charge in [0.05, 0.1) is 32.6 Å². The molecular weight excluding hydrogens is 334 g/mol. The van der Waals surface area contributed by atoms with E-state index in [-0.39, 0.29) is 24.5 Å². The Kier molecular flexibility index (Phi) is 6.60. The largest absolute Gasteiger partial charge is 0.497 e. The van der Waals surface area contributed by atoms with E-state index in [4.69, 9.17) is 14.2 Å². The lowest BCUT2D eigenvalue weighted by Crippen LogP contribution is -2.14. The molecular formula is C20H23NO5. The number of nitrogens with one attached hydrogen (secondary N) is 1. The average Bonchev–Trinajstić information content (AvgIpc) is 2.65. The molecule has 2 aromatic carbocycles. The number of aryl methyl sites for hydroxylation is 1. The zero-order valence-electron chi connectivity index (χ0n) is 15.4. The fourth-order valence-electron chi connectivity index (χ4n) is 2.53. The zero-order chi connectivity index (χ0) is 19.1. The minimum Gasteiger partial charge on any atom is -0.497 e. The molecule has 0 atom stereocenters. The van der Waals surface area contributed by atoms with Gasteiger partial charge in [0.2, 0.25) is 5.91 Å². The van der Waals surface area contributed by atoms with E-state index in [1.807, 2.05) is 13.0 Å². The van der Waals surface area contributed by atoms with Crippen LogP contribution in [0.4, 0.5) is 5.69 Å². The zero-order valence-corrected chi connectivity index (χ0v) is 15.4. The van der Waals surface area contributed by atoms with Crippen LogP contribution in [0.2, 0.25) is 0 Å². The third kappa shape index (κ3) is 4.75. The number of rotatable bonds is 8. The second-order valence-corrected chi connectivity index (χ2v) is 5.74. The first-order valence-electron chi connectivity index (χ1n) is 8.18. The molecule has 138 valence electrons. The number of ketones is 1. The third-order valence-electron chi connectivity index (χ3n) is 3.92. The van der Waals surface area contributed by atoms with E-state index in [0.29, 0.717) is 28.5 Å². The molecule has 0 saturated carbocycles. The number of hydrogen-bond donors (Lipinski definition) is 1. The highest BCUT2D eigenvalue weighted by molar-refractivity contribution is 6.02. The van der Waals surface area contributed by atoms with Crippen LogP contribution in [-0.2, 0) is 4.79 Å². The van der Waals surface area contributed by atoms with E-state index in [9.17, 15) is 9.59 Å². The summed E-state index contributed by atoms with van der Waals surface area (Å²) in [5, 5.41) is 2.76. The Morgan fingerprint density at radius 1 is 0.885 bits per heavy atom. The van der Waals surface area contributed by atoms with Crippen LogP contribution in [-0.4, -0.2) is 33.0 Å². The van der Waals surface area contributed by atoms with Crippen molar-refractivity contribution in [2.24, 2.45) is 0 Å². The second-order valence-electron chi connectivity index (χ2n) is 5.74. The molecule has 6 nitrogen and oxygen atoms in total. The van der Waals surface area contributed by atoms with Gasteiger partial charge < -0.3 is 19.5 Å². The first-order valence-corrected chi connectivity index (χ1v) is 8.18. The van der Waals surface area contributed by atoms with Crippen molar-refractivity contribution < 1.29 is 23.8 Å². The molecule has 26 heavy (non-hydrogen) atoms. The molecule has 0 heterocycles. The molecule has 0 aliphatic heterocycles. The highest BCUT2D eigenvalue weighted by Crippen LogP contribution is 2.29. The summed E-state index contributed by atoms with van der Waals surface area (Å²) in [7, 11) is 4.58. The Hall–Kier alpha value is -3.02. The van der Waals surface area contributed by atoms with Crippen LogP contribution in [0.3, 0.4) is 0 Å². The van der Waals surface area contributed by atoms with Crippen molar-refractivity contribution in [3.63, 3.8) is 0 Å². The lowest BCUT2D eigenvalue weighted by atomic mass is 10.0. The molecule has 2 aromatic rings. The smallest absolute Gasteiger partial charge is 0.224 e. The van der Waals surface area contributed by atoms with E-state index in [0.717, 1.165) is 5.56 Å². The number of benzene rings is 2. The van der Waals surface area contributed by atoms with Crippen molar-refractivity contribution in [1.82, 2.24) is 0 Å². The molecule has 0 aliphatic carbocycles. The number of hydrogen-bond acceptors (Lipinski definition) is 5. The van der Waals surface area contributed by atoms with Crippen molar-refractivity contribution in [2.45, 2.75) is 19.8 Å². The third-order valence-corrected chi connectivity index (χ3v) is 3.92. The van der Waals surface area contributed by atoms with E-state index in [1.54, 1.807) is 37.4 Å². The number of anilines is 1. The molecule has 1 amide bonds. The van der Waals surface area contributed by atoms with Gasteiger partial charge in [-0.3, -0.25) is 9.59 Å². The number of methoxy groups -OCH3 is 3. The summed E-state index contributed by atoms with van der Waals surface area (Å²) in [5.41, 5.74) is 1.94. The molecule has 0 radical (unpaired) electrons. The molecule has 0 saturated heterocycles. The lowest BCUT2D eigenvalue weighted by molar-refractivity contribution is -0.116. The van der Waals surface area contributed by atoms with Gasteiger partial charge in [-0.15, -0.1) is 0 Å². The van der Waals surface area contributed by atoms with Crippen molar-refractivity contribution >= 4 is 17.4 Å². The van der Waals surface area contributed by atoms with E-state index >= 15 is 0 Å². The van der Waals surface area contributed by atoms with Gasteiger partial charge in [0.1, 0.15) is 17.2 Å². The molecule has 6 heteroatoms. The van der Waals surface area contributed by atoms with E-state index in [2.05, 4.69) is 5.32 Å². The number of amides is 1. The number of carbonyl (C=O) groups excluding carboxylic acids is 2. The van der Waals surface area contributed by atoms with Crippen LogP contribution in [0.25, 0.3) is 0 Å². The summed E-state index contributed by atoms with van der Waals surface area (Å²) in [4.78, 5) is 24.7. The first kappa shape index (κ1) is 19.3. The topological polar surface area (TPSA) is 73.9 Å². The van der Waals surface area contributed by atoms with Crippen molar-refractivity contribution in [3.05, 3.63) is 47.5 Å². The SMILES string of the molecule is COc1ccc(OC)c(NC(=O)CCC(=O)c2cc(C)ccc2OC)c1. The van der Waals surface area contributed by atoms with Crippen LogP contribution < -0.4 is 19.5 Å². The van der Waals surface area contributed by atoms with Crippen molar-refractivity contribution in [3.8, 4) is 17.2 Å². The maximum Gasteiger partial charge on any atom is 0.224 e. The normalized spacial score (nSPS) is 10.2. The Morgan fingerprint density at radius 3 is 2.23 bits per heavy atom. The molecule has 0 fully saturated rings. The van der Waals surface area contributed by atoms with E-state index < -0.39 is 0 Å². The average molecular weight is 357 g/mol. The fraction of sp³-hybridized carbons (Fsp3) is 0.300. The summed E-state index contributed by atoms with van der Waals surface area (Å²) in [6.07, 6.45) is 0.133. The highest BCUT2D eigenvalue weighted by Gasteiger charge is 2.15. The Bertz CT molecular complexity index is 801. The molecule has 1 N–H and O–H groups in total. The summed E-state index contributed by atoms with van der Waals surface area (Å²) in [5.74, 6) is 1.21. The van der Waals surface area contributed by atoms with Gasteiger partial charge in [-0.2, -0.15) is 0 Å². The van der Waals surface area contributed by atoms with Crippen LogP contribution in [0.15, 0.2) is 36.4 Å². The van der Waals surface area contributed by atoms with Crippen LogP contribution in [0, 0.1) is 6.92 Å². The van der Waals surface area contributed by atoms with Gasteiger partial charge in [0.25, 0.3) is 0 Å². The van der Waals surface area contributed by atoms with Gasteiger partial charge in [0, 0.05) is 18.9 Å². The predicted molar refractivity (Wildman–Crippen MR) is 99.5 cm³/mol. The van der Waals surface area contributed by atoms with E-state index in [1.165, 1.54) is 14.2 Å². The Labute approximate surface area is 153 Å². The lowest BCUT2D eigenvalue weighted by Gasteiger charge is -2.12. The Balaban J connectivity index is 2.03. The fourth-order valence-corrected chi connectivity index (χ4v) is 2.53. The second kappa shape index (κ2) is 8.89. The van der Waals surface area contributed by atoms with Crippen LogP contribution >= 0.6 is 0 Å². The van der Waals surface area contributed by atoms with Gasteiger partial charge >= 0.3 is 0 Å². The van der Waals surface area contributed by atoms with Gasteiger partial charge in [-0.1, -0.05) is 11.6 Å². The standard InChI is InChI=1S/C20H23NO5/c1-13-5-8-18(25-3)15(11-13)17(22)7-10-20(23)21-16-12-14(24-2)6-9-19(16)26-4/h5-6,8-9,11-12H,7,10H2,1-4H3,(H,21,23). The number of carbonyl (C=O) groups is 2. The van der Waals surface area contributed by atoms with Crippen LogP contribution in [0.5, 0.6) is 17.2 Å². The summed E-state index contributed by atoms with van der Waals surface area (Å²) in [6, 6.07) is 10.5. The highest BCUT2D eigenvalue weighted by atomic mass is 16.5.